The highest BCUT2D eigenvalue weighted by Crippen LogP contribution is 2.19. The number of rotatable bonds is 3. The Kier molecular flexibility index (Phi) is 4.37. The first-order chi connectivity index (χ1) is 6.66. The molecule has 80 valence electrons. The second kappa shape index (κ2) is 5.33. The molecule has 1 fully saturated rings. The van der Waals surface area contributed by atoms with E-state index in [0.717, 1.165) is 26.3 Å². The van der Waals surface area contributed by atoms with Crippen molar-refractivity contribution in [2.24, 2.45) is 11.8 Å². The summed E-state index contributed by atoms with van der Waals surface area (Å²) in [7, 11) is 0. The molecule has 0 aliphatic carbocycles. The third-order valence-electron chi connectivity index (χ3n) is 3.12. The van der Waals surface area contributed by atoms with Gasteiger partial charge in [-0.3, -0.25) is 4.90 Å². The minimum Gasteiger partial charge on any atom is -0.379 e. The van der Waals surface area contributed by atoms with Gasteiger partial charge in [0.05, 0.1) is 19.3 Å². The van der Waals surface area contributed by atoms with Crippen LogP contribution in [0.4, 0.5) is 0 Å². The molecule has 1 saturated heterocycles. The van der Waals surface area contributed by atoms with Crippen molar-refractivity contribution in [2.45, 2.75) is 26.8 Å². The molecule has 0 amide bonds. The topological polar surface area (TPSA) is 36.3 Å². The monoisotopic (exact) mass is 196 g/mol. The highest BCUT2D eigenvalue weighted by Gasteiger charge is 2.27. The first-order valence-electron chi connectivity index (χ1n) is 5.38. The first-order valence-corrected chi connectivity index (χ1v) is 5.38. The molecule has 0 spiro atoms. The zero-order valence-corrected chi connectivity index (χ0v) is 9.36. The Hall–Kier alpha value is -0.590. The second-order valence-electron chi connectivity index (χ2n) is 4.33. The molecule has 1 heterocycles. The van der Waals surface area contributed by atoms with E-state index in [1.165, 1.54) is 0 Å². The van der Waals surface area contributed by atoms with E-state index < -0.39 is 0 Å². The maximum atomic E-state index is 9.17. The molecular weight excluding hydrogens is 176 g/mol. The minimum absolute atomic E-state index is 0.0545. The highest BCUT2D eigenvalue weighted by atomic mass is 16.5. The summed E-state index contributed by atoms with van der Waals surface area (Å²) < 4.78 is 5.28. The number of morpholine rings is 1. The third-order valence-corrected chi connectivity index (χ3v) is 3.12. The summed E-state index contributed by atoms with van der Waals surface area (Å²) in [6.45, 7) is 9.84. The number of hydrogen-bond donors (Lipinski definition) is 0. The van der Waals surface area contributed by atoms with Crippen LogP contribution >= 0.6 is 0 Å². The Labute approximate surface area is 86.6 Å². The third kappa shape index (κ3) is 2.70. The van der Waals surface area contributed by atoms with Gasteiger partial charge >= 0.3 is 0 Å². The van der Waals surface area contributed by atoms with Gasteiger partial charge in [0.2, 0.25) is 0 Å². The second-order valence-corrected chi connectivity index (χ2v) is 4.33. The van der Waals surface area contributed by atoms with Gasteiger partial charge in [0.15, 0.2) is 0 Å². The van der Waals surface area contributed by atoms with Gasteiger partial charge in [0.1, 0.15) is 6.04 Å². The van der Waals surface area contributed by atoms with Gasteiger partial charge in [-0.1, -0.05) is 20.8 Å². The van der Waals surface area contributed by atoms with Crippen LogP contribution in [0.3, 0.4) is 0 Å². The average Bonchev–Trinajstić information content (AvgIpc) is 2.20. The maximum absolute atomic E-state index is 9.17. The summed E-state index contributed by atoms with van der Waals surface area (Å²) in [5, 5.41) is 9.17. The fraction of sp³-hybridized carbons (Fsp3) is 0.909. The molecule has 0 aromatic carbocycles. The molecule has 2 atom stereocenters. The van der Waals surface area contributed by atoms with Gasteiger partial charge in [-0.2, -0.15) is 5.26 Å². The summed E-state index contributed by atoms with van der Waals surface area (Å²) in [4.78, 5) is 2.24. The van der Waals surface area contributed by atoms with Gasteiger partial charge in [0, 0.05) is 13.1 Å². The van der Waals surface area contributed by atoms with Crippen molar-refractivity contribution in [1.82, 2.24) is 4.90 Å². The summed E-state index contributed by atoms with van der Waals surface area (Å²) in [6, 6.07) is 2.48. The van der Waals surface area contributed by atoms with Crippen molar-refractivity contribution in [2.75, 3.05) is 26.3 Å². The Morgan fingerprint density at radius 3 is 2.21 bits per heavy atom. The van der Waals surface area contributed by atoms with Crippen LogP contribution < -0.4 is 0 Å². The largest absolute Gasteiger partial charge is 0.379 e. The molecule has 1 rings (SSSR count). The molecule has 2 unspecified atom stereocenters. The summed E-state index contributed by atoms with van der Waals surface area (Å²) in [5.74, 6) is 0.987. The molecular formula is C11H20N2O. The molecule has 1 aliphatic heterocycles. The normalized spacial score (nSPS) is 23.1. The van der Waals surface area contributed by atoms with Crippen molar-refractivity contribution in [3.8, 4) is 6.07 Å². The lowest BCUT2D eigenvalue weighted by atomic mass is 9.90. The molecule has 0 N–H and O–H groups in total. The van der Waals surface area contributed by atoms with E-state index in [1.54, 1.807) is 0 Å². The van der Waals surface area contributed by atoms with Gasteiger partial charge in [-0.05, 0) is 11.8 Å². The van der Waals surface area contributed by atoms with Crippen LogP contribution in [0.1, 0.15) is 20.8 Å². The Morgan fingerprint density at radius 2 is 1.79 bits per heavy atom. The lowest BCUT2D eigenvalue weighted by molar-refractivity contribution is 0.0132. The highest BCUT2D eigenvalue weighted by molar-refractivity contribution is 4.96. The van der Waals surface area contributed by atoms with E-state index in [2.05, 4.69) is 31.7 Å². The molecule has 0 saturated carbocycles. The fourth-order valence-electron chi connectivity index (χ4n) is 1.75. The molecule has 14 heavy (non-hydrogen) atoms. The molecule has 0 radical (unpaired) electrons. The van der Waals surface area contributed by atoms with Gasteiger partial charge < -0.3 is 4.74 Å². The average molecular weight is 196 g/mol. The molecule has 3 nitrogen and oxygen atoms in total. The van der Waals surface area contributed by atoms with Crippen LogP contribution in [-0.2, 0) is 4.74 Å². The molecule has 3 heteroatoms. The number of nitriles is 1. The first kappa shape index (κ1) is 11.5. The zero-order valence-electron chi connectivity index (χ0n) is 9.36. The summed E-state index contributed by atoms with van der Waals surface area (Å²) in [6.07, 6.45) is 0. The van der Waals surface area contributed by atoms with E-state index in [-0.39, 0.29) is 6.04 Å². The molecule has 0 bridgehead atoms. The number of hydrogen-bond acceptors (Lipinski definition) is 3. The van der Waals surface area contributed by atoms with Crippen molar-refractivity contribution in [1.29, 1.82) is 5.26 Å². The van der Waals surface area contributed by atoms with Gasteiger partial charge in [-0.15, -0.1) is 0 Å². The van der Waals surface area contributed by atoms with Crippen LogP contribution in [0.15, 0.2) is 0 Å². The van der Waals surface area contributed by atoms with Crippen molar-refractivity contribution < 1.29 is 4.74 Å². The molecule has 1 aliphatic rings. The Morgan fingerprint density at radius 1 is 1.21 bits per heavy atom. The maximum Gasteiger partial charge on any atom is 0.101 e. The summed E-state index contributed by atoms with van der Waals surface area (Å²) >= 11 is 0. The molecule has 0 aromatic rings. The minimum atomic E-state index is 0.0545. The van der Waals surface area contributed by atoms with Gasteiger partial charge in [0.25, 0.3) is 0 Å². The SMILES string of the molecule is CC(C)C(C)C(C#N)N1CCOCC1. The van der Waals surface area contributed by atoms with E-state index >= 15 is 0 Å². The smallest absolute Gasteiger partial charge is 0.101 e. The van der Waals surface area contributed by atoms with Crippen LogP contribution in [0, 0.1) is 23.2 Å². The van der Waals surface area contributed by atoms with Crippen molar-refractivity contribution >= 4 is 0 Å². The number of ether oxygens (including phenoxy) is 1. The van der Waals surface area contributed by atoms with Crippen LogP contribution in [-0.4, -0.2) is 37.2 Å². The molecule has 0 aromatic heterocycles. The quantitative estimate of drug-likeness (QED) is 0.686. The predicted octanol–water partition coefficient (Wildman–Crippen LogP) is 1.50. The Balaban J connectivity index is 2.56. The van der Waals surface area contributed by atoms with Crippen LogP contribution in [0.5, 0.6) is 0 Å². The lowest BCUT2D eigenvalue weighted by Gasteiger charge is -2.35. The van der Waals surface area contributed by atoms with Crippen LogP contribution in [0.25, 0.3) is 0 Å². The Bertz CT molecular complexity index is 204. The van der Waals surface area contributed by atoms with Crippen LogP contribution in [0.2, 0.25) is 0 Å². The van der Waals surface area contributed by atoms with E-state index in [9.17, 15) is 0 Å². The zero-order chi connectivity index (χ0) is 10.6. The number of nitrogens with zero attached hydrogens (tertiary/aromatic N) is 2. The predicted molar refractivity (Wildman–Crippen MR) is 55.8 cm³/mol. The van der Waals surface area contributed by atoms with Crippen molar-refractivity contribution in [3.05, 3.63) is 0 Å². The standard InChI is InChI=1S/C11H20N2O/c1-9(2)10(3)11(8-12)13-4-6-14-7-5-13/h9-11H,4-7H2,1-3H3. The van der Waals surface area contributed by atoms with E-state index in [1.807, 2.05) is 0 Å². The van der Waals surface area contributed by atoms with Crippen molar-refractivity contribution in [3.63, 3.8) is 0 Å². The van der Waals surface area contributed by atoms with E-state index in [0.29, 0.717) is 11.8 Å². The lowest BCUT2D eigenvalue weighted by Crippen LogP contribution is -2.46. The fourth-order valence-corrected chi connectivity index (χ4v) is 1.75. The summed E-state index contributed by atoms with van der Waals surface area (Å²) in [5.41, 5.74) is 0. The van der Waals surface area contributed by atoms with Gasteiger partial charge in [-0.25, -0.2) is 0 Å². The van der Waals surface area contributed by atoms with E-state index in [4.69, 9.17) is 10.00 Å².